The minimum atomic E-state index is -4.41. The fraction of sp³-hybridized carbons (Fsp3) is 1.00. The van der Waals surface area contributed by atoms with Crippen LogP contribution in [0.2, 0.25) is 0 Å². The summed E-state index contributed by atoms with van der Waals surface area (Å²) in [4.78, 5) is 37.3. The van der Waals surface area contributed by atoms with Gasteiger partial charge in [-0.2, -0.15) is 0 Å². The van der Waals surface area contributed by atoms with E-state index in [9.17, 15) is 28.7 Å². The third-order valence-electron chi connectivity index (χ3n) is 3.69. The monoisotopic (exact) mass is 288 g/mol. The van der Waals surface area contributed by atoms with Gasteiger partial charge in [0.25, 0.3) is 0 Å². The summed E-state index contributed by atoms with van der Waals surface area (Å²) in [5.74, 6) is 0. The average molecular weight is 288 g/mol. The molecule has 6 nitrogen and oxygen atoms in total. The van der Waals surface area contributed by atoms with Gasteiger partial charge in [-0.15, -0.1) is 0 Å². The van der Waals surface area contributed by atoms with Crippen molar-refractivity contribution in [2.75, 3.05) is 0 Å². The molecule has 2 unspecified atom stereocenters. The van der Waals surface area contributed by atoms with E-state index < -0.39 is 25.5 Å². The zero-order valence-corrected chi connectivity index (χ0v) is 12.4. The Morgan fingerprint density at radius 2 is 1.06 bits per heavy atom. The topological polar surface area (TPSA) is 115 Å². The second-order valence-corrected chi connectivity index (χ2v) is 9.30. The minimum absolute atomic E-state index is 0.160. The van der Waals surface area contributed by atoms with E-state index in [1.54, 1.807) is 13.8 Å². The molecular weight excluding hydrogens is 266 g/mol. The van der Waals surface area contributed by atoms with Crippen LogP contribution in [-0.2, 0) is 9.13 Å². The van der Waals surface area contributed by atoms with Crippen LogP contribution in [0.15, 0.2) is 0 Å². The largest absolute Gasteiger partial charge is 0.331 e. The molecule has 17 heavy (non-hydrogen) atoms. The Balaban J connectivity index is 5.42. The molecule has 0 aliphatic heterocycles. The lowest BCUT2D eigenvalue weighted by Gasteiger charge is -2.38. The second-order valence-electron chi connectivity index (χ2n) is 4.97. The third kappa shape index (κ3) is 3.63. The van der Waals surface area contributed by atoms with Crippen LogP contribution in [0.5, 0.6) is 0 Å². The molecule has 0 fully saturated rings. The fourth-order valence-corrected chi connectivity index (χ4v) is 3.75. The summed E-state index contributed by atoms with van der Waals surface area (Å²) in [5.41, 5.74) is 0. The van der Waals surface area contributed by atoms with Gasteiger partial charge in [0, 0.05) is 0 Å². The summed E-state index contributed by atoms with van der Waals surface area (Å²) in [6.07, 6.45) is 0.112. The van der Waals surface area contributed by atoms with Crippen LogP contribution in [-0.4, -0.2) is 29.9 Å². The summed E-state index contributed by atoms with van der Waals surface area (Å²) >= 11 is 0. The van der Waals surface area contributed by atoms with Gasteiger partial charge in [0.2, 0.25) is 0 Å². The normalized spacial score (nSPS) is 20.7. The second kappa shape index (κ2) is 5.12. The first-order valence-electron chi connectivity index (χ1n) is 5.44. The molecule has 104 valence electrons. The molecular formula is C9H22O6P2. The Morgan fingerprint density at radius 1 is 0.824 bits per heavy atom. The predicted octanol–water partition coefficient (Wildman–Crippen LogP) is 2.07. The molecule has 0 aromatic rings. The molecule has 0 bridgehead atoms. The first-order chi connectivity index (χ1) is 7.33. The standard InChI is InChI=1S/C9H22O6P2/c1-5-8(3,16(10,11)12)7-9(4,6-2)17(13,14)15/h5-7H2,1-4H3,(H2,10,11,12)(H2,13,14,15). The van der Waals surface area contributed by atoms with Gasteiger partial charge in [-0.3, -0.25) is 9.13 Å². The Hall–Kier alpha value is 0.300. The smallest absolute Gasteiger partial charge is 0.324 e. The van der Waals surface area contributed by atoms with Crippen LogP contribution < -0.4 is 0 Å². The van der Waals surface area contributed by atoms with E-state index in [4.69, 9.17) is 0 Å². The maximum atomic E-state index is 11.4. The van der Waals surface area contributed by atoms with Gasteiger partial charge in [0.05, 0.1) is 10.3 Å². The number of hydrogen-bond donors (Lipinski definition) is 4. The van der Waals surface area contributed by atoms with E-state index in [0.717, 1.165) is 0 Å². The summed E-state index contributed by atoms with van der Waals surface area (Å²) in [6, 6.07) is 0. The molecule has 0 heterocycles. The molecule has 0 rings (SSSR count). The van der Waals surface area contributed by atoms with Crippen molar-refractivity contribution in [2.24, 2.45) is 0 Å². The van der Waals surface area contributed by atoms with Crippen molar-refractivity contribution in [3.05, 3.63) is 0 Å². The molecule has 0 saturated carbocycles. The molecule has 0 spiro atoms. The van der Waals surface area contributed by atoms with Gasteiger partial charge >= 0.3 is 15.2 Å². The molecule has 0 aliphatic carbocycles. The van der Waals surface area contributed by atoms with Gasteiger partial charge < -0.3 is 19.6 Å². The van der Waals surface area contributed by atoms with Crippen molar-refractivity contribution in [3.63, 3.8) is 0 Å². The van der Waals surface area contributed by atoms with Gasteiger partial charge in [0.15, 0.2) is 0 Å². The van der Waals surface area contributed by atoms with Crippen molar-refractivity contribution in [1.82, 2.24) is 0 Å². The van der Waals surface area contributed by atoms with Gasteiger partial charge in [0.1, 0.15) is 0 Å². The number of rotatable bonds is 6. The quantitative estimate of drug-likeness (QED) is 0.556. The summed E-state index contributed by atoms with van der Waals surface area (Å²) in [6.45, 7) is 5.96. The minimum Gasteiger partial charge on any atom is -0.324 e. The van der Waals surface area contributed by atoms with Crippen molar-refractivity contribution < 1.29 is 28.7 Å². The van der Waals surface area contributed by atoms with Gasteiger partial charge in [-0.1, -0.05) is 13.8 Å². The molecule has 8 heteroatoms. The third-order valence-corrected chi connectivity index (χ3v) is 7.45. The van der Waals surface area contributed by atoms with Crippen molar-refractivity contribution in [3.8, 4) is 0 Å². The Bertz CT molecular complexity index is 324. The molecule has 2 atom stereocenters. The van der Waals surface area contributed by atoms with Gasteiger partial charge in [-0.25, -0.2) is 0 Å². The molecule has 0 aromatic carbocycles. The lowest BCUT2D eigenvalue weighted by Crippen LogP contribution is -2.36. The van der Waals surface area contributed by atoms with Crippen molar-refractivity contribution >= 4 is 15.2 Å². The molecule has 0 radical (unpaired) electrons. The van der Waals surface area contributed by atoms with E-state index in [1.165, 1.54) is 13.8 Å². The maximum Gasteiger partial charge on any atom is 0.331 e. The highest BCUT2D eigenvalue weighted by Gasteiger charge is 2.51. The maximum absolute atomic E-state index is 11.4. The predicted molar refractivity (Wildman–Crippen MR) is 66.1 cm³/mol. The highest BCUT2D eigenvalue weighted by atomic mass is 31.2. The molecule has 4 N–H and O–H groups in total. The van der Waals surface area contributed by atoms with Crippen LogP contribution >= 0.6 is 15.2 Å². The van der Waals surface area contributed by atoms with Crippen LogP contribution in [0.4, 0.5) is 0 Å². The molecule has 0 amide bonds. The van der Waals surface area contributed by atoms with E-state index in [-0.39, 0.29) is 19.3 Å². The van der Waals surface area contributed by atoms with Crippen LogP contribution in [0.1, 0.15) is 47.0 Å². The lowest BCUT2D eigenvalue weighted by molar-refractivity contribution is 0.275. The van der Waals surface area contributed by atoms with Crippen LogP contribution in [0.25, 0.3) is 0 Å². The lowest BCUT2D eigenvalue weighted by atomic mass is 9.92. The zero-order chi connectivity index (χ0) is 14.1. The zero-order valence-electron chi connectivity index (χ0n) is 10.6. The Kier molecular flexibility index (Phi) is 5.21. The first-order valence-corrected chi connectivity index (χ1v) is 8.67. The van der Waals surface area contributed by atoms with E-state index in [2.05, 4.69) is 0 Å². The van der Waals surface area contributed by atoms with Crippen LogP contribution in [0.3, 0.4) is 0 Å². The summed E-state index contributed by atoms with van der Waals surface area (Å²) in [5, 5.41) is -2.81. The van der Waals surface area contributed by atoms with Crippen molar-refractivity contribution in [1.29, 1.82) is 0 Å². The SMILES string of the molecule is CCC(C)(CC(C)(CC)P(=O)(O)O)P(=O)(O)O. The fourth-order valence-electron chi connectivity index (χ4n) is 1.69. The Labute approximate surface area is 102 Å². The molecule has 0 saturated heterocycles. The highest BCUT2D eigenvalue weighted by molar-refractivity contribution is 7.54. The van der Waals surface area contributed by atoms with Crippen molar-refractivity contribution in [2.45, 2.75) is 57.3 Å². The highest BCUT2D eigenvalue weighted by Crippen LogP contribution is 2.63. The van der Waals surface area contributed by atoms with E-state index in [0.29, 0.717) is 0 Å². The first kappa shape index (κ1) is 17.3. The molecule has 0 aliphatic rings. The van der Waals surface area contributed by atoms with E-state index >= 15 is 0 Å². The summed E-state index contributed by atoms with van der Waals surface area (Å²) < 4.78 is 22.9. The van der Waals surface area contributed by atoms with Crippen LogP contribution in [0, 0.1) is 0 Å². The van der Waals surface area contributed by atoms with E-state index in [1.807, 2.05) is 0 Å². The Morgan fingerprint density at radius 3 is 1.18 bits per heavy atom. The molecule has 0 aromatic heterocycles. The number of hydrogen-bond acceptors (Lipinski definition) is 2. The van der Waals surface area contributed by atoms with Gasteiger partial charge in [-0.05, 0) is 33.1 Å². The summed E-state index contributed by atoms with van der Waals surface area (Å²) in [7, 11) is -8.82. The average Bonchev–Trinajstić information content (AvgIpc) is 2.13.